The van der Waals surface area contributed by atoms with Crippen LogP contribution in [0.15, 0.2) is 155 Å². The van der Waals surface area contributed by atoms with Crippen molar-refractivity contribution in [3.63, 3.8) is 0 Å². The van der Waals surface area contributed by atoms with E-state index in [2.05, 4.69) is 95.0 Å². The van der Waals surface area contributed by atoms with Gasteiger partial charge < -0.3 is 15.8 Å². The van der Waals surface area contributed by atoms with Crippen molar-refractivity contribution in [3.05, 3.63) is 147 Å². The van der Waals surface area contributed by atoms with Crippen LogP contribution in [0.1, 0.15) is 42.7 Å². The number of aryl methyl sites for hydroxylation is 1. The first-order valence-electron chi connectivity index (χ1n) is 19.5. The number of alkyl carbamates (subject to hydrolysis) is 1. The highest BCUT2D eigenvalue weighted by Crippen LogP contribution is 2.33. The van der Waals surface area contributed by atoms with Gasteiger partial charge in [0.25, 0.3) is 0 Å². The molecule has 0 saturated carbocycles. The predicted octanol–water partition coefficient (Wildman–Crippen LogP) is 12.3. The smallest absolute Gasteiger partial charge is 0.408 e. The summed E-state index contributed by atoms with van der Waals surface area (Å²) >= 11 is 13.6. The number of aromatic nitrogens is 6. The van der Waals surface area contributed by atoms with Crippen molar-refractivity contribution >= 4 is 135 Å². The number of rotatable bonds is 8. The Morgan fingerprint density at radius 3 is 1.91 bits per heavy atom. The van der Waals surface area contributed by atoms with Gasteiger partial charge in [-0.15, -0.1) is 59.0 Å². The summed E-state index contributed by atoms with van der Waals surface area (Å²) in [5, 5.41) is 8.51. The van der Waals surface area contributed by atoms with E-state index in [1.54, 1.807) is 59.9 Å². The van der Waals surface area contributed by atoms with Gasteiger partial charge in [0.2, 0.25) is 9.84 Å². The second-order valence-corrected chi connectivity index (χ2v) is 23.1. The lowest BCUT2D eigenvalue weighted by Gasteiger charge is -2.19. The van der Waals surface area contributed by atoms with Gasteiger partial charge in [-0.3, -0.25) is 15.0 Å². The molecule has 0 unspecified atom stereocenters. The first kappa shape index (κ1) is 51.4. The Kier molecular flexibility index (Phi) is 19.2. The minimum atomic E-state index is -3.56. The highest BCUT2D eigenvalue weighted by molar-refractivity contribution is 9.11. The monoisotopic (exact) mass is 1070 g/mol. The number of carbonyl (C=O) groups is 1. The number of pyridine rings is 3. The second-order valence-electron chi connectivity index (χ2n) is 14.3. The standard InChI is InChI=1S/C14H12N2S2.C13H11N3O2S2.C9H13BrN2O2S.C9H7NS.ClH/c1-2-13-16-9-14(18-13)17-11-6-5-10-4-3-7-15-12(10)8-11;14-7-12-16-8-13(19-12)20(17,18)10-4-3-9-2-1-5-15-11(9)6-10;1-9(2,3)14-8(13)12-5-7-11-4-6(10)15-7;11-8-4-3-7-2-1-5-10-9(7)6-8;/h3-9H,2H2,1H3;1-6,8H,7,14H2;4H,5H2,1-3H3,(H,12,13);1-6,11H;1H. The maximum Gasteiger partial charge on any atom is 0.408 e. The molecule has 65 heavy (non-hydrogen) atoms. The Morgan fingerprint density at radius 1 is 0.754 bits per heavy atom. The number of hydrogen-bond donors (Lipinski definition) is 3. The molecule has 0 saturated heterocycles. The number of hydrogen-bond acceptors (Lipinski definition) is 16. The van der Waals surface area contributed by atoms with Gasteiger partial charge >= 0.3 is 6.09 Å². The number of carbonyl (C=O) groups excluding carboxylic acids is 1. The molecule has 0 aliphatic heterocycles. The molecule has 3 N–H and O–H groups in total. The summed E-state index contributed by atoms with van der Waals surface area (Å²) in [5.41, 5.74) is 7.69. The van der Waals surface area contributed by atoms with Crippen molar-refractivity contribution in [2.45, 2.75) is 75.9 Å². The van der Waals surface area contributed by atoms with Crippen molar-refractivity contribution in [2.75, 3.05) is 0 Å². The summed E-state index contributed by atoms with van der Waals surface area (Å²) in [4.78, 5) is 38.9. The van der Waals surface area contributed by atoms with Gasteiger partial charge in [-0.05, 0) is 97.7 Å². The molecule has 6 aromatic heterocycles. The zero-order valence-electron chi connectivity index (χ0n) is 35.4. The van der Waals surface area contributed by atoms with E-state index in [1.165, 1.54) is 37.0 Å². The van der Waals surface area contributed by atoms with E-state index in [-0.39, 0.29) is 28.1 Å². The Bertz CT molecular complexity index is 3090. The number of ether oxygens (including phenoxy) is 1. The average Bonchev–Trinajstić information content (AvgIpc) is 4.07. The van der Waals surface area contributed by atoms with E-state index >= 15 is 0 Å². The summed E-state index contributed by atoms with van der Waals surface area (Å²) in [6, 6.07) is 29.0. The molecule has 3 aromatic carbocycles. The number of amides is 1. The SMILES string of the molecule is CC(C)(C)OC(=O)NCc1ncc(Br)s1.CCc1ncc(Sc2ccc3cccnc3c2)s1.Cl.NCc1ncc(S(=O)(=O)c2ccc3cccnc3c2)s1.Sc1ccc2cccnc2c1. The molecular weight excluding hydrogens is 1020 g/mol. The van der Waals surface area contributed by atoms with Crippen LogP contribution >= 0.6 is 86.7 Å². The van der Waals surface area contributed by atoms with Crippen molar-refractivity contribution in [3.8, 4) is 0 Å². The Morgan fingerprint density at radius 2 is 1.34 bits per heavy atom. The quantitative estimate of drug-likeness (QED) is 0.123. The van der Waals surface area contributed by atoms with Crippen molar-refractivity contribution < 1.29 is 17.9 Å². The van der Waals surface area contributed by atoms with Crippen LogP contribution in [0, 0.1) is 0 Å². The minimum absolute atomic E-state index is 0. The van der Waals surface area contributed by atoms with Gasteiger partial charge in [-0.25, -0.2) is 28.2 Å². The molecule has 0 spiro atoms. The summed E-state index contributed by atoms with van der Waals surface area (Å²) in [6.07, 6.45) is 10.9. The third kappa shape index (κ3) is 15.5. The molecule has 6 heterocycles. The van der Waals surface area contributed by atoms with E-state index in [1.807, 2.05) is 81.7 Å². The fraction of sp³-hybridized carbons (Fsp3) is 0.178. The van der Waals surface area contributed by atoms with Gasteiger partial charge in [-0.2, -0.15) is 0 Å². The lowest BCUT2D eigenvalue weighted by molar-refractivity contribution is 0.0523. The third-order valence-electron chi connectivity index (χ3n) is 8.39. The van der Waals surface area contributed by atoms with E-state index in [0.29, 0.717) is 17.1 Å². The second kappa shape index (κ2) is 24.3. The number of nitrogens with zero attached hydrogens (tertiary/aromatic N) is 6. The molecule has 9 aromatic rings. The molecule has 0 atom stereocenters. The number of benzene rings is 3. The van der Waals surface area contributed by atoms with E-state index in [0.717, 1.165) is 53.3 Å². The molecule has 1 amide bonds. The van der Waals surface area contributed by atoms with Crippen LogP contribution in [-0.4, -0.2) is 50.0 Å². The summed E-state index contributed by atoms with van der Waals surface area (Å²) in [6.45, 7) is 8.24. The zero-order chi connectivity index (χ0) is 45.7. The van der Waals surface area contributed by atoms with Crippen LogP contribution in [-0.2, 0) is 34.1 Å². The minimum Gasteiger partial charge on any atom is -0.444 e. The molecular formula is C45H44BrClN8O4S6. The largest absolute Gasteiger partial charge is 0.444 e. The van der Waals surface area contributed by atoms with Crippen LogP contribution in [0.4, 0.5) is 4.79 Å². The van der Waals surface area contributed by atoms with Gasteiger partial charge in [-0.1, -0.05) is 55.1 Å². The van der Waals surface area contributed by atoms with E-state index < -0.39 is 21.5 Å². The maximum atomic E-state index is 12.5. The normalized spacial score (nSPS) is 11.0. The van der Waals surface area contributed by atoms with Crippen LogP contribution in [0.3, 0.4) is 0 Å². The van der Waals surface area contributed by atoms with Gasteiger partial charge in [0.1, 0.15) is 19.8 Å². The maximum absolute atomic E-state index is 12.5. The Labute approximate surface area is 413 Å². The molecule has 0 aliphatic rings. The van der Waals surface area contributed by atoms with Crippen molar-refractivity contribution in [1.82, 2.24) is 35.2 Å². The summed E-state index contributed by atoms with van der Waals surface area (Å²) in [7, 11) is -3.56. The number of halogens is 2. The van der Waals surface area contributed by atoms with Gasteiger partial charge in [0.15, 0.2) is 0 Å². The molecule has 0 radical (unpaired) electrons. The number of sulfone groups is 1. The molecule has 12 nitrogen and oxygen atoms in total. The lowest BCUT2D eigenvalue weighted by Crippen LogP contribution is -2.32. The first-order valence-corrected chi connectivity index (χ1v) is 25.5. The van der Waals surface area contributed by atoms with Gasteiger partial charge in [0.05, 0.1) is 59.6 Å². The summed E-state index contributed by atoms with van der Waals surface area (Å²) < 4.78 is 32.5. The highest BCUT2D eigenvalue weighted by atomic mass is 79.9. The van der Waals surface area contributed by atoms with Crippen LogP contribution < -0.4 is 11.1 Å². The van der Waals surface area contributed by atoms with Gasteiger partial charge in [0, 0.05) is 51.1 Å². The molecule has 0 aliphatic carbocycles. The number of thiol groups is 1. The third-order valence-corrected chi connectivity index (χ3v) is 15.6. The fourth-order valence-corrected chi connectivity index (χ4v) is 11.4. The molecule has 0 bridgehead atoms. The Hall–Kier alpha value is -4.57. The average molecular weight is 1070 g/mol. The molecule has 9 rings (SSSR count). The van der Waals surface area contributed by atoms with E-state index in [9.17, 15) is 13.2 Å². The van der Waals surface area contributed by atoms with Crippen molar-refractivity contribution in [1.29, 1.82) is 0 Å². The molecule has 0 fully saturated rings. The number of nitrogens with one attached hydrogen (secondary N) is 1. The fourth-order valence-electron chi connectivity index (χ4n) is 5.46. The lowest BCUT2D eigenvalue weighted by atomic mass is 10.2. The zero-order valence-corrected chi connectivity index (χ0v) is 42.8. The Balaban J connectivity index is 0.000000165. The summed E-state index contributed by atoms with van der Waals surface area (Å²) in [5.74, 6) is 0. The van der Waals surface area contributed by atoms with Crippen molar-refractivity contribution in [2.24, 2.45) is 5.73 Å². The van der Waals surface area contributed by atoms with Crippen LogP contribution in [0.5, 0.6) is 0 Å². The number of nitrogens with two attached hydrogens (primary N) is 1. The van der Waals surface area contributed by atoms with Crippen LogP contribution in [0.2, 0.25) is 0 Å². The van der Waals surface area contributed by atoms with Crippen LogP contribution in [0.25, 0.3) is 32.7 Å². The molecule has 20 heteroatoms. The number of thiazole rings is 3. The highest BCUT2D eigenvalue weighted by Gasteiger charge is 2.21. The first-order chi connectivity index (χ1) is 30.7. The van der Waals surface area contributed by atoms with E-state index in [4.69, 9.17) is 10.5 Å². The topological polar surface area (TPSA) is 176 Å². The predicted molar refractivity (Wildman–Crippen MR) is 274 cm³/mol. The molecule has 338 valence electrons. The number of fused-ring (bicyclic) bond motifs is 3.